The first kappa shape index (κ1) is 20.5. The van der Waals surface area contributed by atoms with E-state index in [4.69, 9.17) is 9.73 Å². The molecular weight excluding hydrogens is 396 g/mol. The van der Waals surface area contributed by atoms with E-state index in [2.05, 4.69) is 39.8 Å². The second-order valence-corrected chi connectivity index (χ2v) is 9.36. The first-order chi connectivity index (χ1) is 15.4. The van der Waals surface area contributed by atoms with Gasteiger partial charge < -0.3 is 9.64 Å². The molecule has 1 atom stereocenters. The minimum Gasteiger partial charge on any atom is -0.457 e. The lowest BCUT2D eigenvalue weighted by molar-refractivity contribution is -0.113. The molecular formula is C28H28N2O2. The van der Waals surface area contributed by atoms with Gasteiger partial charge in [-0.1, -0.05) is 38.1 Å². The predicted molar refractivity (Wildman–Crippen MR) is 130 cm³/mol. The van der Waals surface area contributed by atoms with Crippen molar-refractivity contribution in [3.05, 3.63) is 83.4 Å². The summed E-state index contributed by atoms with van der Waals surface area (Å²) in [5.74, 6) is 1.93. The molecule has 0 bridgehead atoms. The highest BCUT2D eigenvalue weighted by molar-refractivity contribution is 6.55. The number of para-hydroxylation sites is 1. The maximum atomic E-state index is 13.6. The van der Waals surface area contributed by atoms with Crippen molar-refractivity contribution in [2.24, 2.45) is 4.99 Å². The largest absolute Gasteiger partial charge is 0.457 e. The van der Waals surface area contributed by atoms with Crippen LogP contribution in [-0.4, -0.2) is 17.2 Å². The van der Waals surface area contributed by atoms with Crippen molar-refractivity contribution >= 4 is 23.0 Å². The molecule has 5 rings (SSSR count). The van der Waals surface area contributed by atoms with Crippen molar-refractivity contribution in [2.45, 2.75) is 52.0 Å². The summed E-state index contributed by atoms with van der Waals surface area (Å²) in [6.07, 6.45) is 1.88. The molecule has 3 aromatic carbocycles. The van der Waals surface area contributed by atoms with E-state index in [9.17, 15) is 4.79 Å². The Kier molecular flexibility index (Phi) is 4.89. The number of hydrogen-bond acceptors (Lipinski definition) is 3. The van der Waals surface area contributed by atoms with Crippen LogP contribution >= 0.6 is 0 Å². The van der Waals surface area contributed by atoms with E-state index < -0.39 is 0 Å². The van der Waals surface area contributed by atoms with E-state index in [1.54, 1.807) is 0 Å². The molecule has 0 saturated heterocycles. The molecule has 32 heavy (non-hydrogen) atoms. The number of nitrogens with zero attached hydrogens (tertiary/aromatic N) is 2. The van der Waals surface area contributed by atoms with Crippen LogP contribution in [0.1, 0.15) is 56.7 Å². The number of rotatable bonds is 4. The average Bonchev–Trinajstić information content (AvgIpc) is 3.06. The third kappa shape index (κ3) is 3.40. The SMILES string of the molecule is CCc1cc2c3c(c1)C(C)CC(C)(C)N3C(=O)C2=Nc1ccc(Oc2ccccc2)cc1. The molecule has 0 aromatic heterocycles. The normalized spacial score (nSPS) is 19.9. The first-order valence-corrected chi connectivity index (χ1v) is 11.3. The van der Waals surface area contributed by atoms with Crippen molar-refractivity contribution in [3.8, 4) is 11.5 Å². The Labute approximate surface area is 189 Å². The summed E-state index contributed by atoms with van der Waals surface area (Å²) in [5, 5.41) is 0. The summed E-state index contributed by atoms with van der Waals surface area (Å²) in [6.45, 7) is 8.73. The number of amides is 1. The summed E-state index contributed by atoms with van der Waals surface area (Å²) in [5.41, 5.74) is 5.58. The number of aryl methyl sites for hydroxylation is 1. The second kappa shape index (κ2) is 7.63. The molecule has 1 amide bonds. The van der Waals surface area contributed by atoms with Crippen molar-refractivity contribution in [1.82, 2.24) is 0 Å². The standard InChI is InChI=1S/C28H28N2O2/c1-5-19-15-23-18(2)17-28(3,4)30-26(23)24(16-19)25(27(30)31)29-20-11-13-22(14-12-20)32-21-9-7-6-8-10-21/h6-16,18H,5,17H2,1-4H3. The highest BCUT2D eigenvalue weighted by Crippen LogP contribution is 2.49. The quantitative estimate of drug-likeness (QED) is 0.462. The number of carbonyl (C=O) groups is 1. The molecule has 162 valence electrons. The van der Waals surface area contributed by atoms with Crippen molar-refractivity contribution < 1.29 is 9.53 Å². The molecule has 0 saturated carbocycles. The molecule has 0 fully saturated rings. The molecule has 0 N–H and O–H groups in total. The van der Waals surface area contributed by atoms with Gasteiger partial charge >= 0.3 is 0 Å². The maximum absolute atomic E-state index is 13.6. The zero-order chi connectivity index (χ0) is 22.5. The van der Waals surface area contributed by atoms with E-state index in [0.29, 0.717) is 11.6 Å². The van der Waals surface area contributed by atoms with Crippen LogP contribution in [0.4, 0.5) is 11.4 Å². The third-order valence-electron chi connectivity index (χ3n) is 6.49. The van der Waals surface area contributed by atoms with Gasteiger partial charge in [0.2, 0.25) is 0 Å². The summed E-state index contributed by atoms with van der Waals surface area (Å²) in [4.78, 5) is 20.4. The molecule has 2 heterocycles. The highest BCUT2D eigenvalue weighted by atomic mass is 16.5. The highest BCUT2D eigenvalue weighted by Gasteiger charge is 2.48. The van der Waals surface area contributed by atoms with Gasteiger partial charge in [-0.05, 0) is 86.2 Å². The molecule has 0 radical (unpaired) electrons. The Bertz CT molecular complexity index is 1210. The summed E-state index contributed by atoms with van der Waals surface area (Å²) >= 11 is 0. The molecule has 2 aliphatic heterocycles. The average molecular weight is 425 g/mol. The van der Waals surface area contributed by atoms with Gasteiger partial charge in [-0.2, -0.15) is 0 Å². The van der Waals surface area contributed by atoms with E-state index in [0.717, 1.165) is 41.3 Å². The van der Waals surface area contributed by atoms with Crippen molar-refractivity contribution in [3.63, 3.8) is 0 Å². The Hall–Kier alpha value is -3.40. The summed E-state index contributed by atoms with van der Waals surface area (Å²) < 4.78 is 5.88. The summed E-state index contributed by atoms with van der Waals surface area (Å²) in [6, 6.07) is 21.7. The van der Waals surface area contributed by atoms with Crippen molar-refractivity contribution in [2.75, 3.05) is 4.90 Å². The topological polar surface area (TPSA) is 41.9 Å². The smallest absolute Gasteiger partial charge is 0.278 e. The Morgan fingerprint density at radius 3 is 2.41 bits per heavy atom. The number of benzene rings is 3. The minimum atomic E-state index is -0.239. The van der Waals surface area contributed by atoms with Crippen LogP contribution in [0.2, 0.25) is 0 Å². The van der Waals surface area contributed by atoms with Gasteiger partial charge in [0.25, 0.3) is 5.91 Å². The molecule has 2 aliphatic rings. The first-order valence-electron chi connectivity index (χ1n) is 11.3. The lowest BCUT2D eigenvalue weighted by atomic mass is 9.79. The third-order valence-corrected chi connectivity index (χ3v) is 6.49. The molecule has 0 aliphatic carbocycles. The van der Waals surface area contributed by atoms with E-state index >= 15 is 0 Å². The number of hydrogen-bond donors (Lipinski definition) is 0. The fourth-order valence-electron chi connectivity index (χ4n) is 5.03. The zero-order valence-corrected chi connectivity index (χ0v) is 19.1. The number of carbonyl (C=O) groups excluding carboxylic acids is 1. The van der Waals surface area contributed by atoms with Crippen LogP contribution in [0.5, 0.6) is 11.5 Å². The lowest BCUT2D eigenvalue weighted by Crippen LogP contribution is -2.50. The van der Waals surface area contributed by atoms with Crippen LogP contribution in [0, 0.1) is 0 Å². The van der Waals surface area contributed by atoms with E-state index in [-0.39, 0.29) is 11.4 Å². The van der Waals surface area contributed by atoms with Crippen molar-refractivity contribution in [1.29, 1.82) is 0 Å². The minimum absolute atomic E-state index is 0.00369. The van der Waals surface area contributed by atoms with Gasteiger partial charge in [-0.15, -0.1) is 0 Å². The van der Waals surface area contributed by atoms with Gasteiger partial charge in [0.15, 0.2) is 0 Å². The molecule has 1 unspecified atom stereocenters. The second-order valence-electron chi connectivity index (χ2n) is 9.36. The Balaban J connectivity index is 1.54. The van der Waals surface area contributed by atoms with Crippen LogP contribution in [-0.2, 0) is 11.2 Å². The van der Waals surface area contributed by atoms with Crippen LogP contribution in [0.25, 0.3) is 0 Å². The maximum Gasteiger partial charge on any atom is 0.278 e. The fraction of sp³-hybridized carbons (Fsp3) is 0.286. The molecule has 3 aromatic rings. The lowest BCUT2D eigenvalue weighted by Gasteiger charge is -2.43. The number of aliphatic imine (C=N–C) groups is 1. The van der Waals surface area contributed by atoms with Gasteiger partial charge in [0.05, 0.1) is 11.4 Å². The molecule has 4 heteroatoms. The zero-order valence-electron chi connectivity index (χ0n) is 19.1. The predicted octanol–water partition coefficient (Wildman–Crippen LogP) is 6.79. The van der Waals surface area contributed by atoms with E-state index in [1.165, 1.54) is 11.1 Å². The fourth-order valence-corrected chi connectivity index (χ4v) is 5.03. The Morgan fingerprint density at radius 1 is 1.03 bits per heavy atom. The van der Waals surface area contributed by atoms with Gasteiger partial charge in [-0.3, -0.25) is 4.79 Å². The number of ether oxygens (including phenoxy) is 1. The van der Waals surface area contributed by atoms with Crippen LogP contribution < -0.4 is 9.64 Å². The Morgan fingerprint density at radius 2 is 1.72 bits per heavy atom. The summed E-state index contributed by atoms with van der Waals surface area (Å²) in [7, 11) is 0. The number of anilines is 1. The molecule has 4 nitrogen and oxygen atoms in total. The van der Waals surface area contributed by atoms with E-state index in [1.807, 2.05) is 59.5 Å². The van der Waals surface area contributed by atoms with Crippen LogP contribution in [0.3, 0.4) is 0 Å². The van der Waals surface area contributed by atoms with Gasteiger partial charge in [0.1, 0.15) is 17.2 Å². The molecule has 0 spiro atoms. The van der Waals surface area contributed by atoms with Gasteiger partial charge in [-0.25, -0.2) is 4.99 Å². The van der Waals surface area contributed by atoms with Gasteiger partial charge in [0, 0.05) is 11.1 Å². The monoisotopic (exact) mass is 424 g/mol. The van der Waals surface area contributed by atoms with Crippen LogP contribution in [0.15, 0.2) is 71.7 Å².